The Balaban J connectivity index is 3.38. The molecule has 0 unspecified atom stereocenters. The van der Waals surface area contributed by atoms with Crippen LogP contribution in [0.4, 0.5) is 4.39 Å². The molecule has 1 aromatic carbocycles. The zero-order valence-electron chi connectivity index (χ0n) is 7.47. The number of carbonyl (C=O) groups excluding carboxylic acids is 1. The van der Waals surface area contributed by atoms with Crippen LogP contribution in [0.2, 0.25) is 0 Å². The van der Waals surface area contributed by atoms with Crippen LogP contribution in [0.25, 0.3) is 0 Å². The summed E-state index contributed by atoms with van der Waals surface area (Å²) in [6.45, 7) is 1.71. The summed E-state index contributed by atoms with van der Waals surface area (Å²) in [5, 5.41) is 8.66. The van der Waals surface area contributed by atoms with Gasteiger partial charge in [0.15, 0.2) is 11.6 Å². The highest BCUT2D eigenvalue weighted by Crippen LogP contribution is 2.16. The zero-order chi connectivity index (χ0) is 10.7. The molecule has 2 nitrogen and oxygen atoms in total. The fraction of sp³-hybridized carbons (Fsp3) is 0.200. The van der Waals surface area contributed by atoms with E-state index in [2.05, 4.69) is 15.9 Å². The second-order valence-corrected chi connectivity index (χ2v) is 3.40. The van der Waals surface area contributed by atoms with Gasteiger partial charge in [-0.1, -0.05) is 15.9 Å². The van der Waals surface area contributed by atoms with Gasteiger partial charge < -0.3 is 0 Å². The lowest BCUT2D eigenvalue weighted by molar-refractivity contribution is 0.102. The van der Waals surface area contributed by atoms with Crippen LogP contribution in [-0.2, 0) is 0 Å². The average Bonchev–Trinajstić information content (AvgIpc) is 2.19. The third-order valence-electron chi connectivity index (χ3n) is 1.76. The molecular weight excluding hydrogens is 249 g/mol. The summed E-state index contributed by atoms with van der Waals surface area (Å²) < 4.78 is 13.4. The summed E-state index contributed by atoms with van der Waals surface area (Å²) in [5.41, 5.74) is 0.583. The van der Waals surface area contributed by atoms with Crippen LogP contribution in [0.3, 0.4) is 0 Å². The standard InChI is InChI=1S/C10H7BrFNO/c1-6-2-7(5-13)10(12)8(3-6)9(14)4-11/h2-3H,4H2,1H3. The van der Waals surface area contributed by atoms with Gasteiger partial charge in [0.25, 0.3) is 0 Å². The molecule has 0 aromatic heterocycles. The van der Waals surface area contributed by atoms with Gasteiger partial charge in [0.1, 0.15) is 6.07 Å². The highest BCUT2D eigenvalue weighted by atomic mass is 79.9. The molecule has 0 saturated heterocycles. The number of nitriles is 1. The second-order valence-electron chi connectivity index (χ2n) is 2.84. The molecule has 0 aliphatic heterocycles. The maximum atomic E-state index is 13.4. The number of carbonyl (C=O) groups is 1. The van der Waals surface area contributed by atoms with Crippen LogP contribution in [0.15, 0.2) is 12.1 Å². The van der Waals surface area contributed by atoms with Gasteiger partial charge in [0.05, 0.1) is 16.5 Å². The Morgan fingerprint density at radius 2 is 2.29 bits per heavy atom. The van der Waals surface area contributed by atoms with Crippen molar-refractivity contribution in [3.8, 4) is 6.07 Å². The molecule has 4 heteroatoms. The van der Waals surface area contributed by atoms with Gasteiger partial charge in [-0.15, -0.1) is 0 Å². The molecule has 0 heterocycles. The molecule has 0 aliphatic carbocycles. The smallest absolute Gasteiger partial charge is 0.176 e. The maximum Gasteiger partial charge on any atom is 0.176 e. The second kappa shape index (κ2) is 4.34. The molecule has 1 rings (SSSR count). The van der Waals surface area contributed by atoms with Gasteiger partial charge in [-0.25, -0.2) is 4.39 Å². The van der Waals surface area contributed by atoms with E-state index >= 15 is 0 Å². The lowest BCUT2D eigenvalue weighted by Gasteiger charge is -2.03. The molecule has 14 heavy (non-hydrogen) atoms. The largest absolute Gasteiger partial charge is 0.293 e. The molecular formula is C10H7BrFNO. The summed E-state index contributed by atoms with van der Waals surface area (Å²) >= 11 is 2.96. The van der Waals surface area contributed by atoms with Gasteiger partial charge in [-0.2, -0.15) is 5.26 Å². The van der Waals surface area contributed by atoms with Gasteiger partial charge in [-0.05, 0) is 24.6 Å². The first-order chi connectivity index (χ1) is 6.60. The normalized spacial score (nSPS) is 9.57. The Bertz CT molecular complexity index is 423. The average molecular weight is 256 g/mol. The van der Waals surface area contributed by atoms with E-state index in [1.807, 2.05) is 0 Å². The number of benzene rings is 1. The molecule has 72 valence electrons. The molecule has 0 spiro atoms. The van der Waals surface area contributed by atoms with Gasteiger partial charge >= 0.3 is 0 Å². The minimum atomic E-state index is -0.734. The maximum absolute atomic E-state index is 13.4. The monoisotopic (exact) mass is 255 g/mol. The van der Waals surface area contributed by atoms with E-state index in [4.69, 9.17) is 5.26 Å². The molecule has 0 saturated carbocycles. The summed E-state index contributed by atoms with van der Waals surface area (Å²) in [7, 11) is 0. The van der Waals surface area contributed by atoms with Crippen molar-refractivity contribution in [2.45, 2.75) is 6.92 Å². The van der Waals surface area contributed by atoms with Crippen LogP contribution < -0.4 is 0 Å². The lowest BCUT2D eigenvalue weighted by atomic mass is 10.0. The summed E-state index contributed by atoms with van der Waals surface area (Å²) in [6, 6.07) is 4.57. The Kier molecular flexibility index (Phi) is 3.37. The molecule has 0 aliphatic rings. The number of nitrogens with zero attached hydrogens (tertiary/aromatic N) is 1. The predicted octanol–water partition coefficient (Wildman–Crippen LogP) is 2.58. The van der Waals surface area contributed by atoms with Crippen molar-refractivity contribution in [3.05, 3.63) is 34.6 Å². The van der Waals surface area contributed by atoms with E-state index < -0.39 is 5.82 Å². The van der Waals surface area contributed by atoms with Crippen molar-refractivity contribution in [3.63, 3.8) is 0 Å². The van der Waals surface area contributed by atoms with Gasteiger partial charge in [-0.3, -0.25) is 4.79 Å². The number of halogens is 2. The van der Waals surface area contributed by atoms with Crippen molar-refractivity contribution in [1.82, 2.24) is 0 Å². The molecule has 1 aromatic rings. The van der Waals surface area contributed by atoms with E-state index in [1.54, 1.807) is 13.0 Å². The number of ketones is 1. The van der Waals surface area contributed by atoms with Crippen molar-refractivity contribution in [1.29, 1.82) is 5.26 Å². The molecule has 0 N–H and O–H groups in total. The van der Waals surface area contributed by atoms with E-state index in [9.17, 15) is 9.18 Å². The van der Waals surface area contributed by atoms with Gasteiger partial charge in [0.2, 0.25) is 0 Å². The number of hydrogen-bond acceptors (Lipinski definition) is 2. The van der Waals surface area contributed by atoms with E-state index in [0.717, 1.165) is 0 Å². The zero-order valence-corrected chi connectivity index (χ0v) is 9.06. The van der Waals surface area contributed by atoms with Crippen LogP contribution >= 0.6 is 15.9 Å². The van der Waals surface area contributed by atoms with Gasteiger partial charge in [0, 0.05) is 0 Å². The van der Waals surface area contributed by atoms with E-state index in [-0.39, 0.29) is 22.2 Å². The summed E-state index contributed by atoms with van der Waals surface area (Å²) in [6.07, 6.45) is 0. The van der Waals surface area contributed by atoms with Crippen molar-refractivity contribution in [2.24, 2.45) is 0 Å². The van der Waals surface area contributed by atoms with Crippen LogP contribution in [0, 0.1) is 24.1 Å². The Hall–Kier alpha value is -1.21. The van der Waals surface area contributed by atoms with Crippen molar-refractivity contribution >= 4 is 21.7 Å². The van der Waals surface area contributed by atoms with Crippen LogP contribution in [0.5, 0.6) is 0 Å². The topological polar surface area (TPSA) is 40.9 Å². The first-order valence-electron chi connectivity index (χ1n) is 3.89. The van der Waals surface area contributed by atoms with E-state index in [1.165, 1.54) is 12.1 Å². The van der Waals surface area contributed by atoms with Crippen molar-refractivity contribution in [2.75, 3.05) is 5.33 Å². The number of alkyl halides is 1. The van der Waals surface area contributed by atoms with E-state index in [0.29, 0.717) is 5.56 Å². The molecule has 0 fully saturated rings. The summed E-state index contributed by atoms with van der Waals surface area (Å²) in [4.78, 5) is 11.3. The Morgan fingerprint density at radius 1 is 1.64 bits per heavy atom. The molecule has 0 radical (unpaired) electrons. The predicted molar refractivity (Wildman–Crippen MR) is 54.0 cm³/mol. The number of rotatable bonds is 2. The highest BCUT2D eigenvalue weighted by Gasteiger charge is 2.14. The van der Waals surface area contributed by atoms with Crippen molar-refractivity contribution < 1.29 is 9.18 Å². The third kappa shape index (κ3) is 1.99. The minimum Gasteiger partial charge on any atom is -0.293 e. The SMILES string of the molecule is Cc1cc(C#N)c(F)c(C(=O)CBr)c1. The molecule has 0 amide bonds. The summed E-state index contributed by atoms with van der Waals surface area (Å²) in [5.74, 6) is -1.09. The number of hydrogen-bond donors (Lipinski definition) is 0. The fourth-order valence-electron chi connectivity index (χ4n) is 1.13. The minimum absolute atomic E-state index is 0.0292. The lowest BCUT2D eigenvalue weighted by Crippen LogP contribution is -2.05. The Morgan fingerprint density at radius 3 is 2.79 bits per heavy atom. The first kappa shape index (κ1) is 10.9. The quantitative estimate of drug-likeness (QED) is 0.602. The van der Waals surface area contributed by atoms with Crippen LogP contribution in [-0.4, -0.2) is 11.1 Å². The molecule has 0 atom stereocenters. The number of Topliss-reactive ketones (excluding diaryl/α,β-unsaturated/α-hetero) is 1. The first-order valence-corrected chi connectivity index (χ1v) is 5.01. The Labute approximate surface area is 89.5 Å². The number of aryl methyl sites for hydroxylation is 1. The van der Waals surface area contributed by atoms with Crippen LogP contribution in [0.1, 0.15) is 21.5 Å². The highest BCUT2D eigenvalue weighted by molar-refractivity contribution is 9.09. The third-order valence-corrected chi connectivity index (χ3v) is 2.27. The molecule has 0 bridgehead atoms. The fourth-order valence-corrected chi connectivity index (χ4v) is 1.43.